The fraction of sp³-hybridized carbons (Fsp3) is 0.500. The summed E-state index contributed by atoms with van der Waals surface area (Å²) in [5.41, 5.74) is 1.30. The van der Waals surface area contributed by atoms with Gasteiger partial charge in [-0.05, 0) is 17.0 Å². The number of hydrogen-bond donors (Lipinski definition) is 2. The molecule has 2 rings (SSSR count). The molecule has 1 unspecified atom stereocenters. The highest BCUT2D eigenvalue weighted by molar-refractivity contribution is 6.39. The van der Waals surface area contributed by atoms with Crippen molar-refractivity contribution in [2.75, 3.05) is 31.6 Å². The van der Waals surface area contributed by atoms with Crippen molar-refractivity contribution in [1.82, 2.24) is 4.90 Å². The first-order valence-corrected chi connectivity index (χ1v) is 8.20. The van der Waals surface area contributed by atoms with Gasteiger partial charge < -0.3 is 20.1 Å². The number of carboxylic acid groups (broad SMARTS) is 1. The van der Waals surface area contributed by atoms with Crippen molar-refractivity contribution in [2.24, 2.45) is 5.92 Å². The maximum atomic E-state index is 12.4. The maximum Gasteiger partial charge on any atom is 0.313 e. The first-order valence-electron chi connectivity index (χ1n) is 8.20. The van der Waals surface area contributed by atoms with E-state index in [4.69, 9.17) is 9.84 Å². The van der Waals surface area contributed by atoms with E-state index in [0.29, 0.717) is 5.69 Å². The topological polar surface area (TPSA) is 95.9 Å². The van der Waals surface area contributed by atoms with Crippen LogP contribution in [0.1, 0.15) is 26.3 Å². The Hall–Kier alpha value is -2.41. The van der Waals surface area contributed by atoms with E-state index < -0.39 is 23.7 Å². The van der Waals surface area contributed by atoms with E-state index in [1.807, 2.05) is 32.9 Å². The number of rotatable bonds is 2. The summed E-state index contributed by atoms with van der Waals surface area (Å²) >= 11 is 0. The van der Waals surface area contributed by atoms with E-state index in [0.717, 1.165) is 5.56 Å². The van der Waals surface area contributed by atoms with Crippen LogP contribution in [0.5, 0.6) is 0 Å². The van der Waals surface area contributed by atoms with E-state index in [-0.39, 0.29) is 31.7 Å². The van der Waals surface area contributed by atoms with Crippen LogP contribution < -0.4 is 5.32 Å². The monoisotopic (exact) mass is 348 g/mol. The minimum atomic E-state index is -1.04. The largest absolute Gasteiger partial charge is 0.481 e. The van der Waals surface area contributed by atoms with Gasteiger partial charge in [0.2, 0.25) is 0 Å². The summed E-state index contributed by atoms with van der Waals surface area (Å²) in [5.74, 6) is -3.40. The van der Waals surface area contributed by atoms with Gasteiger partial charge in [0, 0.05) is 18.8 Å². The summed E-state index contributed by atoms with van der Waals surface area (Å²) in [6.07, 6.45) is 0. The molecule has 1 saturated heterocycles. The second-order valence-corrected chi connectivity index (χ2v) is 7.11. The highest BCUT2D eigenvalue weighted by atomic mass is 16.5. The molecule has 7 nitrogen and oxygen atoms in total. The second kappa shape index (κ2) is 7.65. The van der Waals surface area contributed by atoms with Gasteiger partial charge in [0.1, 0.15) is 0 Å². The molecule has 1 fully saturated rings. The molecule has 1 atom stereocenters. The molecular weight excluding hydrogens is 324 g/mol. The highest BCUT2D eigenvalue weighted by Crippen LogP contribution is 2.29. The Morgan fingerprint density at radius 2 is 1.92 bits per heavy atom. The third-order valence-corrected chi connectivity index (χ3v) is 4.08. The molecule has 1 aromatic carbocycles. The van der Waals surface area contributed by atoms with Gasteiger partial charge in [0.05, 0.1) is 19.1 Å². The van der Waals surface area contributed by atoms with Gasteiger partial charge in [-0.15, -0.1) is 0 Å². The zero-order valence-electron chi connectivity index (χ0n) is 14.7. The predicted octanol–water partition coefficient (Wildman–Crippen LogP) is 1.48. The molecule has 136 valence electrons. The van der Waals surface area contributed by atoms with Gasteiger partial charge in [-0.1, -0.05) is 39.0 Å². The molecule has 2 N–H and O–H groups in total. The van der Waals surface area contributed by atoms with Crippen molar-refractivity contribution in [3.63, 3.8) is 0 Å². The van der Waals surface area contributed by atoms with Crippen LogP contribution in [-0.2, 0) is 24.5 Å². The first-order chi connectivity index (χ1) is 11.7. The molecule has 1 heterocycles. The molecule has 0 saturated carbocycles. The Balaban J connectivity index is 2.13. The van der Waals surface area contributed by atoms with Gasteiger partial charge in [-0.2, -0.15) is 0 Å². The minimum absolute atomic E-state index is 0.0353. The third kappa shape index (κ3) is 4.79. The predicted molar refractivity (Wildman–Crippen MR) is 92.3 cm³/mol. The van der Waals surface area contributed by atoms with E-state index in [1.54, 1.807) is 12.1 Å². The number of aliphatic carboxylic acids is 1. The highest BCUT2D eigenvalue weighted by Gasteiger charge is 2.30. The second-order valence-electron chi connectivity index (χ2n) is 7.11. The zero-order chi connectivity index (χ0) is 18.6. The van der Waals surface area contributed by atoms with E-state index in [1.165, 1.54) is 4.90 Å². The van der Waals surface area contributed by atoms with Crippen molar-refractivity contribution in [3.05, 3.63) is 29.8 Å². The lowest BCUT2D eigenvalue weighted by Crippen LogP contribution is -2.44. The number of carboxylic acids is 1. The number of ether oxygens (including phenoxy) is 1. The summed E-state index contributed by atoms with van der Waals surface area (Å²) in [7, 11) is 0. The number of nitrogens with zero attached hydrogens (tertiary/aromatic N) is 1. The number of benzene rings is 1. The SMILES string of the molecule is CC(C)(C)c1ccccc1NC(=O)C(=O)N1CCOCC(C(=O)O)C1. The van der Waals surface area contributed by atoms with Crippen LogP contribution in [0.15, 0.2) is 24.3 Å². The first kappa shape index (κ1) is 18.9. The maximum absolute atomic E-state index is 12.4. The van der Waals surface area contributed by atoms with Gasteiger partial charge in [0.15, 0.2) is 0 Å². The van der Waals surface area contributed by atoms with Crippen LogP contribution in [0.2, 0.25) is 0 Å². The minimum Gasteiger partial charge on any atom is -0.481 e. The summed E-state index contributed by atoms with van der Waals surface area (Å²) in [6.45, 7) is 6.45. The molecule has 25 heavy (non-hydrogen) atoms. The number of anilines is 1. The Morgan fingerprint density at radius 1 is 1.24 bits per heavy atom. The van der Waals surface area contributed by atoms with Crippen molar-refractivity contribution in [2.45, 2.75) is 26.2 Å². The molecule has 7 heteroatoms. The van der Waals surface area contributed by atoms with Gasteiger partial charge in [-0.3, -0.25) is 14.4 Å². The number of carbonyl (C=O) groups is 3. The Labute approximate surface area is 147 Å². The standard InChI is InChI=1S/C18H24N2O5/c1-18(2,3)13-6-4-5-7-14(13)19-15(21)16(22)20-8-9-25-11-12(10-20)17(23)24/h4-7,12H,8-11H2,1-3H3,(H,19,21)(H,23,24). The van der Waals surface area contributed by atoms with E-state index in [9.17, 15) is 14.4 Å². The number of hydrogen-bond acceptors (Lipinski definition) is 4. The average Bonchev–Trinajstić information content (AvgIpc) is 2.79. The molecular formula is C18H24N2O5. The molecule has 0 bridgehead atoms. The van der Waals surface area contributed by atoms with Crippen LogP contribution in [0.25, 0.3) is 0 Å². The molecule has 1 aromatic rings. The third-order valence-electron chi connectivity index (χ3n) is 4.08. The van der Waals surface area contributed by atoms with Crippen LogP contribution in [0, 0.1) is 5.92 Å². The molecule has 1 aliphatic rings. The van der Waals surface area contributed by atoms with Crippen LogP contribution in [0.3, 0.4) is 0 Å². The fourth-order valence-corrected chi connectivity index (χ4v) is 2.71. The summed E-state index contributed by atoms with van der Waals surface area (Å²) < 4.78 is 5.20. The lowest BCUT2D eigenvalue weighted by molar-refractivity contribution is -0.146. The summed E-state index contributed by atoms with van der Waals surface area (Å²) in [4.78, 5) is 37.2. The van der Waals surface area contributed by atoms with Crippen LogP contribution in [-0.4, -0.2) is 54.1 Å². The van der Waals surface area contributed by atoms with Crippen LogP contribution >= 0.6 is 0 Å². The van der Waals surface area contributed by atoms with Crippen molar-refractivity contribution in [3.8, 4) is 0 Å². The molecule has 2 amide bonds. The number of amides is 2. The molecule has 0 aromatic heterocycles. The Bertz CT molecular complexity index is 666. The lowest BCUT2D eigenvalue weighted by atomic mass is 9.86. The van der Waals surface area contributed by atoms with Crippen LogP contribution in [0.4, 0.5) is 5.69 Å². The molecule has 0 aliphatic carbocycles. The summed E-state index contributed by atoms with van der Waals surface area (Å²) in [5, 5.41) is 11.8. The fourth-order valence-electron chi connectivity index (χ4n) is 2.71. The number of carbonyl (C=O) groups excluding carboxylic acids is 2. The molecule has 0 radical (unpaired) electrons. The van der Waals surface area contributed by atoms with Crippen molar-refractivity contribution in [1.29, 1.82) is 0 Å². The zero-order valence-corrected chi connectivity index (χ0v) is 14.7. The average molecular weight is 348 g/mol. The van der Waals surface area contributed by atoms with Gasteiger partial charge >= 0.3 is 17.8 Å². The number of para-hydroxylation sites is 1. The van der Waals surface area contributed by atoms with E-state index in [2.05, 4.69) is 5.32 Å². The normalized spacial score (nSPS) is 18.4. The van der Waals surface area contributed by atoms with Gasteiger partial charge in [-0.25, -0.2) is 0 Å². The Kier molecular flexibility index (Phi) is 5.79. The molecule has 1 aliphatic heterocycles. The molecule has 0 spiro atoms. The van der Waals surface area contributed by atoms with Crippen molar-refractivity contribution >= 4 is 23.5 Å². The van der Waals surface area contributed by atoms with Gasteiger partial charge in [0.25, 0.3) is 0 Å². The summed E-state index contributed by atoms with van der Waals surface area (Å²) in [6, 6.07) is 7.31. The quantitative estimate of drug-likeness (QED) is 0.789. The van der Waals surface area contributed by atoms with E-state index >= 15 is 0 Å². The number of nitrogens with one attached hydrogen (secondary N) is 1. The van der Waals surface area contributed by atoms with Crippen molar-refractivity contribution < 1.29 is 24.2 Å². The smallest absolute Gasteiger partial charge is 0.313 e. The Morgan fingerprint density at radius 3 is 2.56 bits per heavy atom. The lowest BCUT2D eigenvalue weighted by Gasteiger charge is -2.24.